The highest BCUT2D eigenvalue weighted by molar-refractivity contribution is 7.92. The first-order chi connectivity index (χ1) is 15.3. The number of hydrazone groups is 1. The first kappa shape index (κ1) is 22.0. The van der Waals surface area contributed by atoms with Gasteiger partial charge in [-0.25, -0.2) is 17.8 Å². The summed E-state index contributed by atoms with van der Waals surface area (Å²) >= 11 is 6.24. The maximum atomic E-state index is 14.6. The number of hydrogen-bond acceptors (Lipinski definition) is 4. The number of carbonyl (C=O) groups is 1. The van der Waals surface area contributed by atoms with Crippen LogP contribution < -0.4 is 4.72 Å². The zero-order chi connectivity index (χ0) is 22.9. The fourth-order valence-electron chi connectivity index (χ4n) is 3.64. The van der Waals surface area contributed by atoms with Crippen LogP contribution in [0.25, 0.3) is 0 Å². The van der Waals surface area contributed by atoms with E-state index >= 15 is 0 Å². The number of hydrogen-bond donors (Lipinski definition) is 1. The van der Waals surface area contributed by atoms with Gasteiger partial charge in [-0.05, 0) is 30.3 Å². The molecule has 4 rings (SSSR count). The summed E-state index contributed by atoms with van der Waals surface area (Å²) in [5.41, 5.74) is 1.41. The number of rotatable bonds is 5. The SMILES string of the molecule is CC(=O)N1N=C(c2ccccc2NS(=O)(=O)c2ccccc2)C[C@@H]1c1c(F)cccc1Cl. The highest BCUT2D eigenvalue weighted by Crippen LogP contribution is 2.38. The van der Waals surface area contributed by atoms with Gasteiger partial charge < -0.3 is 0 Å². The molecule has 6 nitrogen and oxygen atoms in total. The van der Waals surface area contributed by atoms with Crippen molar-refractivity contribution in [3.8, 4) is 0 Å². The van der Waals surface area contributed by atoms with Crippen molar-refractivity contribution in [2.45, 2.75) is 24.3 Å². The van der Waals surface area contributed by atoms with Gasteiger partial charge in [-0.3, -0.25) is 9.52 Å². The van der Waals surface area contributed by atoms with Crippen LogP contribution in [0.4, 0.5) is 10.1 Å². The molecule has 32 heavy (non-hydrogen) atoms. The van der Waals surface area contributed by atoms with E-state index < -0.39 is 21.9 Å². The molecule has 1 atom stereocenters. The summed E-state index contributed by atoms with van der Waals surface area (Å²) in [4.78, 5) is 12.4. The number of sulfonamides is 1. The second-order valence-corrected chi connectivity index (χ2v) is 9.32. The molecule has 0 saturated carbocycles. The predicted octanol–water partition coefficient (Wildman–Crippen LogP) is 4.98. The van der Waals surface area contributed by atoms with E-state index in [1.54, 1.807) is 48.5 Å². The van der Waals surface area contributed by atoms with Gasteiger partial charge in [0.1, 0.15) is 5.82 Å². The molecule has 0 bridgehead atoms. The van der Waals surface area contributed by atoms with Crippen LogP contribution >= 0.6 is 11.6 Å². The summed E-state index contributed by atoms with van der Waals surface area (Å²) in [6.07, 6.45) is 0.171. The molecule has 1 aliphatic heterocycles. The molecule has 3 aromatic carbocycles. The Bertz CT molecular complexity index is 1290. The Morgan fingerprint density at radius 1 is 1.06 bits per heavy atom. The summed E-state index contributed by atoms with van der Waals surface area (Å²) in [6, 6.07) is 18.3. The van der Waals surface area contributed by atoms with Crippen LogP contribution in [-0.4, -0.2) is 25.0 Å². The molecule has 0 radical (unpaired) electrons. The molecule has 1 aliphatic rings. The monoisotopic (exact) mass is 471 g/mol. The van der Waals surface area contributed by atoms with E-state index in [-0.39, 0.29) is 27.8 Å². The molecule has 9 heteroatoms. The predicted molar refractivity (Wildman–Crippen MR) is 122 cm³/mol. The maximum absolute atomic E-state index is 14.6. The van der Waals surface area contributed by atoms with Gasteiger partial charge in [0.2, 0.25) is 5.91 Å². The summed E-state index contributed by atoms with van der Waals surface area (Å²) in [5, 5.41) is 5.77. The molecule has 0 fully saturated rings. The van der Waals surface area contributed by atoms with Crippen molar-refractivity contribution in [2.75, 3.05) is 4.72 Å². The van der Waals surface area contributed by atoms with E-state index in [0.29, 0.717) is 17.0 Å². The smallest absolute Gasteiger partial charge is 0.261 e. The standard InChI is InChI=1S/C23H19ClFN3O3S/c1-15(29)28-22(23-18(24)11-7-12-19(23)25)14-21(26-28)17-10-5-6-13-20(17)27-32(30,31)16-8-3-2-4-9-16/h2-13,22,27H,14H2,1H3/t22-/m1/s1. The maximum Gasteiger partial charge on any atom is 0.261 e. The molecule has 0 aliphatic carbocycles. The number of halogens is 2. The summed E-state index contributed by atoms with van der Waals surface area (Å²) in [6.45, 7) is 1.33. The van der Waals surface area contributed by atoms with E-state index in [2.05, 4.69) is 9.82 Å². The van der Waals surface area contributed by atoms with Crippen molar-refractivity contribution in [1.82, 2.24) is 5.01 Å². The molecular weight excluding hydrogens is 453 g/mol. The first-order valence-corrected chi connectivity index (χ1v) is 11.6. The fraction of sp³-hybridized carbons (Fsp3) is 0.130. The lowest BCUT2D eigenvalue weighted by Gasteiger charge is -2.21. The largest absolute Gasteiger partial charge is 0.279 e. The van der Waals surface area contributed by atoms with E-state index in [9.17, 15) is 17.6 Å². The number of carbonyl (C=O) groups excluding carboxylic acids is 1. The number of anilines is 1. The molecule has 3 aromatic rings. The third-order valence-electron chi connectivity index (χ3n) is 5.10. The van der Waals surface area contributed by atoms with Crippen LogP contribution in [0.5, 0.6) is 0 Å². The van der Waals surface area contributed by atoms with E-state index in [0.717, 1.165) is 0 Å². The second-order valence-electron chi connectivity index (χ2n) is 7.23. The number of para-hydroxylation sites is 1. The van der Waals surface area contributed by atoms with Gasteiger partial charge in [-0.2, -0.15) is 5.10 Å². The van der Waals surface area contributed by atoms with Gasteiger partial charge in [-0.15, -0.1) is 0 Å². The second kappa shape index (κ2) is 8.72. The van der Waals surface area contributed by atoms with Gasteiger partial charge in [0.25, 0.3) is 10.0 Å². The first-order valence-electron chi connectivity index (χ1n) is 9.76. The molecule has 1 N–H and O–H groups in total. The molecular formula is C23H19ClFN3O3S. The number of amides is 1. The zero-order valence-electron chi connectivity index (χ0n) is 17.0. The van der Waals surface area contributed by atoms with Crippen molar-refractivity contribution in [3.05, 3.63) is 94.8 Å². The Hall–Kier alpha value is -3.23. The van der Waals surface area contributed by atoms with E-state index in [4.69, 9.17) is 11.6 Å². The topological polar surface area (TPSA) is 78.8 Å². The molecule has 0 spiro atoms. The lowest BCUT2D eigenvalue weighted by molar-refractivity contribution is -0.130. The Kier molecular flexibility index (Phi) is 5.99. The highest BCUT2D eigenvalue weighted by atomic mass is 35.5. The summed E-state index contributed by atoms with van der Waals surface area (Å²) < 4.78 is 42.8. The number of nitrogens with zero attached hydrogens (tertiary/aromatic N) is 2. The zero-order valence-corrected chi connectivity index (χ0v) is 18.6. The quantitative estimate of drug-likeness (QED) is 0.570. The van der Waals surface area contributed by atoms with Gasteiger partial charge in [-0.1, -0.05) is 54.1 Å². The van der Waals surface area contributed by atoms with Crippen molar-refractivity contribution >= 4 is 38.9 Å². The van der Waals surface area contributed by atoms with Crippen molar-refractivity contribution in [3.63, 3.8) is 0 Å². The van der Waals surface area contributed by atoms with Crippen LogP contribution in [0.2, 0.25) is 5.02 Å². The fourth-order valence-corrected chi connectivity index (χ4v) is 5.03. The van der Waals surface area contributed by atoms with Gasteiger partial charge in [0.15, 0.2) is 0 Å². The van der Waals surface area contributed by atoms with Crippen molar-refractivity contribution < 1.29 is 17.6 Å². The molecule has 1 amide bonds. The highest BCUT2D eigenvalue weighted by Gasteiger charge is 2.35. The van der Waals surface area contributed by atoms with Crippen LogP contribution in [0.3, 0.4) is 0 Å². The average molecular weight is 472 g/mol. The van der Waals surface area contributed by atoms with Crippen LogP contribution in [0, 0.1) is 5.82 Å². The Balaban J connectivity index is 1.72. The third kappa shape index (κ3) is 4.24. The van der Waals surface area contributed by atoms with Gasteiger partial charge >= 0.3 is 0 Å². The van der Waals surface area contributed by atoms with Crippen LogP contribution in [0.15, 0.2) is 82.8 Å². The van der Waals surface area contributed by atoms with Gasteiger partial charge in [0.05, 0.1) is 22.3 Å². The lowest BCUT2D eigenvalue weighted by atomic mass is 9.97. The van der Waals surface area contributed by atoms with E-state index in [1.807, 2.05) is 0 Å². The van der Waals surface area contributed by atoms with Crippen molar-refractivity contribution in [2.24, 2.45) is 5.10 Å². The van der Waals surface area contributed by atoms with E-state index in [1.165, 1.54) is 36.2 Å². The minimum atomic E-state index is -3.84. The Morgan fingerprint density at radius 2 is 1.75 bits per heavy atom. The normalized spacial score (nSPS) is 16.0. The van der Waals surface area contributed by atoms with Crippen LogP contribution in [0.1, 0.15) is 30.5 Å². The summed E-state index contributed by atoms with van der Waals surface area (Å²) in [7, 11) is -3.84. The molecule has 1 heterocycles. The minimum absolute atomic E-state index is 0.115. The third-order valence-corrected chi connectivity index (χ3v) is 6.81. The molecule has 0 saturated heterocycles. The number of nitrogens with one attached hydrogen (secondary N) is 1. The number of benzene rings is 3. The molecule has 0 aromatic heterocycles. The average Bonchev–Trinajstić information content (AvgIpc) is 3.19. The van der Waals surface area contributed by atoms with Crippen LogP contribution in [-0.2, 0) is 14.8 Å². The van der Waals surface area contributed by atoms with Gasteiger partial charge in [0, 0.05) is 29.5 Å². The lowest BCUT2D eigenvalue weighted by Crippen LogP contribution is -2.25. The Labute approximate surface area is 190 Å². The minimum Gasteiger partial charge on any atom is -0.279 e. The summed E-state index contributed by atoms with van der Waals surface area (Å²) in [5.74, 6) is -0.921. The molecule has 0 unspecified atom stereocenters. The molecule has 164 valence electrons. The van der Waals surface area contributed by atoms with Crippen molar-refractivity contribution in [1.29, 1.82) is 0 Å². The Morgan fingerprint density at radius 3 is 2.44 bits per heavy atom.